The Morgan fingerprint density at radius 3 is 2.00 bits per heavy atom. The maximum atomic E-state index is 10.3. The van der Waals surface area contributed by atoms with Crippen molar-refractivity contribution in [2.75, 3.05) is 0 Å². The van der Waals surface area contributed by atoms with E-state index in [1.54, 1.807) is 0 Å². The van der Waals surface area contributed by atoms with Gasteiger partial charge < -0.3 is 10.8 Å². The summed E-state index contributed by atoms with van der Waals surface area (Å²) in [6, 6.07) is 8.50. The van der Waals surface area contributed by atoms with E-state index in [1.165, 1.54) is 36.1 Å². The average molecular weight is 383 g/mol. The number of pyridine rings is 1. The fourth-order valence-electron chi connectivity index (χ4n) is 3.96. The van der Waals surface area contributed by atoms with Gasteiger partial charge >= 0.3 is 0 Å². The van der Waals surface area contributed by atoms with Crippen molar-refractivity contribution >= 4 is 0 Å². The van der Waals surface area contributed by atoms with Gasteiger partial charge in [-0.3, -0.25) is 4.98 Å². The predicted octanol–water partition coefficient (Wildman–Crippen LogP) is 6.07. The Labute approximate surface area is 171 Å². The molecule has 1 aromatic heterocycles. The summed E-state index contributed by atoms with van der Waals surface area (Å²) in [6.07, 6.45) is 5.91. The molecule has 3 heteroatoms. The third-order valence-electron chi connectivity index (χ3n) is 5.47. The molecule has 0 aliphatic carbocycles. The number of aliphatic hydroxyl groups is 1. The summed E-state index contributed by atoms with van der Waals surface area (Å²) in [4.78, 5) is 5.08. The zero-order valence-electron chi connectivity index (χ0n) is 18.4. The molecule has 3 nitrogen and oxygen atoms in total. The van der Waals surface area contributed by atoms with Gasteiger partial charge in [0.05, 0.1) is 6.61 Å². The molecule has 0 amide bonds. The van der Waals surface area contributed by atoms with Crippen LogP contribution >= 0.6 is 0 Å². The maximum absolute atomic E-state index is 10.3. The molecule has 0 radical (unpaired) electrons. The Hall–Kier alpha value is -1.71. The van der Waals surface area contributed by atoms with Gasteiger partial charge in [-0.15, -0.1) is 0 Å². The van der Waals surface area contributed by atoms with E-state index in [0.29, 0.717) is 12.5 Å². The molecule has 0 saturated carbocycles. The van der Waals surface area contributed by atoms with Gasteiger partial charge in [0.2, 0.25) is 0 Å². The van der Waals surface area contributed by atoms with Gasteiger partial charge in [0.1, 0.15) is 0 Å². The normalized spacial score (nSPS) is 11.6. The number of rotatable bonds is 10. The first-order valence-corrected chi connectivity index (χ1v) is 10.9. The maximum Gasteiger partial charge on any atom is 0.0705 e. The first-order chi connectivity index (χ1) is 13.4. The molecule has 0 aliphatic heterocycles. The van der Waals surface area contributed by atoms with Crippen molar-refractivity contribution in [1.82, 2.24) is 4.98 Å². The predicted molar refractivity (Wildman–Crippen MR) is 120 cm³/mol. The summed E-state index contributed by atoms with van der Waals surface area (Å²) in [7, 11) is 0. The molecule has 1 aromatic carbocycles. The van der Waals surface area contributed by atoms with Crippen LogP contribution in [0.1, 0.15) is 100 Å². The lowest BCUT2D eigenvalue weighted by atomic mass is 9.85. The molecular formula is C25H38N2O. The number of nitrogens with zero attached hydrogens (tertiary/aromatic N) is 1. The van der Waals surface area contributed by atoms with Crippen LogP contribution in [0.2, 0.25) is 0 Å². The van der Waals surface area contributed by atoms with E-state index in [9.17, 15) is 5.11 Å². The number of unbranched alkanes of at least 4 members (excludes halogenated alkanes) is 3. The number of aromatic nitrogens is 1. The minimum atomic E-state index is 0.0226. The zero-order valence-corrected chi connectivity index (χ0v) is 18.4. The molecule has 0 saturated heterocycles. The minimum absolute atomic E-state index is 0.0226. The molecular weight excluding hydrogens is 344 g/mol. The van der Waals surface area contributed by atoms with Gasteiger partial charge in [-0.1, -0.05) is 78.1 Å². The molecule has 1 heterocycles. The highest BCUT2D eigenvalue weighted by atomic mass is 16.3. The van der Waals surface area contributed by atoms with E-state index in [2.05, 4.69) is 58.9 Å². The second kappa shape index (κ2) is 10.7. The molecule has 28 heavy (non-hydrogen) atoms. The molecule has 154 valence electrons. The lowest BCUT2D eigenvalue weighted by molar-refractivity contribution is 0.279. The topological polar surface area (TPSA) is 59.1 Å². The molecule has 2 aromatic rings. The molecule has 0 unspecified atom stereocenters. The van der Waals surface area contributed by atoms with E-state index in [-0.39, 0.29) is 12.5 Å². The second-order valence-corrected chi connectivity index (χ2v) is 8.39. The minimum Gasteiger partial charge on any atom is -0.392 e. The summed E-state index contributed by atoms with van der Waals surface area (Å²) >= 11 is 0. The van der Waals surface area contributed by atoms with Gasteiger partial charge in [-0.05, 0) is 46.9 Å². The van der Waals surface area contributed by atoms with Crippen LogP contribution in [0.5, 0.6) is 0 Å². The average Bonchev–Trinajstić information content (AvgIpc) is 2.69. The van der Waals surface area contributed by atoms with E-state index in [1.807, 2.05) is 0 Å². The van der Waals surface area contributed by atoms with Crippen molar-refractivity contribution in [2.45, 2.75) is 91.7 Å². The molecule has 0 fully saturated rings. The largest absolute Gasteiger partial charge is 0.392 e. The monoisotopic (exact) mass is 382 g/mol. The van der Waals surface area contributed by atoms with E-state index < -0.39 is 0 Å². The summed E-state index contributed by atoms with van der Waals surface area (Å²) in [6.45, 7) is 11.6. The van der Waals surface area contributed by atoms with E-state index >= 15 is 0 Å². The number of hydrogen-bond acceptors (Lipinski definition) is 3. The van der Waals surface area contributed by atoms with Crippen LogP contribution in [0.3, 0.4) is 0 Å². The van der Waals surface area contributed by atoms with E-state index in [0.717, 1.165) is 35.2 Å². The Morgan fingerprint density at radius 2 is 1.50 bits per heavy atom. The molecule has 0 atom stereocenters. The fourth-order valence-corrected chi connectivity index (χ4v) is 3.96. The Balaban J connectivity index is 2.69. The molecule has 2 rings (SSSR count). The number of hydrogen-bond donors (Lipinski definition) is 2. The standard InChI is InChI=1S/C25H38N2O/c1-6-7-8-9-10-21-23(20-13-11-19(15-26)12-14-20)22(16-28)25(18(4)5)27-24(21)17(2)3/h11-14,17-18,28H,6-10,15-16,26H2,1-5H3. The summed E-state index contributed by atoms with van der Waals surface area (Å²) < 4.78 is 0. The Morgan fingerprint density at radius 1 is 0.893 bits per heavy atom. The van der Waals surface area contributed by atoms with Crippen LogP contribution in [-0.2, 0) is 19.6 Å². The first kappa shape index (κ1) is 22.6. The Kier molecular flexibility index (Phi) is 8.65. The van der Waals surface area contributed by atoms with Crippen LogP contribution in [0.15, 0.2) is 24.3 Å². The van der Waals surface area contributed by atoms with Crippen molar-refractivity contribution in [3.8, 4) is 11.1 Å². The molecule has 0 bridgehead atoms. The summed E-state index contributed by atoms with van der Waals surface area (Å²) in [5.74, 6) is 0.629. The van der Waals surface area contributed by atoms with Gasteiger partial charge in [0, 0.05) is 23.5 Å². The fraction of sp³-hybridized carbons (Fsp3) is 0.560. The highest BCUT2D eigenvalue weighted by Gasteiger charge is 2.23. The second-order valence-electron chi connectivity index (χ2n) is 8.39. The summed E-state index contributed by atoms with van der Waals surface area (Å²) in [5, 5.41) is 10.3. The quantitative estimate of drug-likeness (QED) is 0.490. The number of aliphatic hydroxyl groups excluding tert-OH is 1. The number of benzene rings is 1. The molecule has 0 aliphatic rings. The van der Waals surface area contributed by atoms with Crippen LogP contribution in [0.4, 0.5) is 0 Å². The van der Waals surface area contributed by atoms with Crippen molar-refractivity contribution in [1.29, 1.82) is 0 Å². The van der Waals surface area contributed by atoms with E-state index in [4.69, 9.17) is 10.7 Å². The van der Waals surface area contributed by atoms with Gasteiger partial charge in [0.15, 0.2) is 0 Å². The summed E-state index contributed by atoms with van der Waals surface area (Å²) in [5.41, 5.74) is 13.8. The molecule has 0 spiro atoms. The lowest BCUT2D eigenvalue weighted by Crippen LogP contribution is -2.12. The molecule has 3 N–H and O–H groups in total. The highest BCUT2D eigenvalue weighted by Crippen LogP contribution is 2.37. The lowest BCUT2D eigenvalue weighted by Gasteiger charge is -2.24. The zero-order chi connectivity index (χ0) is 20.7. The smallest absolute Gasteiger partial charge is 0.0705 e. The Bertz CT molecular complexity index is 748. The van der Waals surface area contributed by atoms with Gasteiger partial charge in [-0.2, -0.15) is 0 Å². The van der Waals surface area contributed by atoms with Crippen LogP contribution in [0.25, 0.3) is 11.1 Å². The number of nitrogens with two attached hydrogens (primary N) is 1. The van der Waals surface area contributed by atoms with Crippen LogP contribution in [-0.4, -0.2) is 10.1 Å². The first-order valence-electron chi connectivity index (χ1n) is 10.9. The third kappa shape index (κ3) is 5.21. The SMILES string of the molecule is CCCCCCc1c(C(C)C)nc(C(C)C)c(CO)c1-c1ccc(CN)cc1. The third-order valence-corrected chi connectivity index (χ3v) is 5.47. The van der Waals surface area contributed by atoms with Gasteiger partial charge in [0.25, 0.3) is 0 Å². The van der Waals surface area contributed by atoms with Crippen molar-refractivity contribution in [2.24, 2.45) is 5.73 Å². The van der Waals surface area contributed by atoms with Crippen molar-refractivity contribution in [3.63, 3.8) is 0 Å². The highest BCUT2D eigenvalue weighted by molar-refractivity contribution is 5.73. The van der Waals surface area contributed by atoms with Crippen molar-refractivity contribution < 1.29 is 5.11 Å². The van der Waals surface area contributed by atoms with Gasteiger partial charge in [-0.25, -0.2) is 0 Å². The van der Waals surface area contributed by atoms with Crippen LogP contribution < -0.4 is 5.73 Å². The van der Waals surface area contributed by atoms with Crippen molar-refractivity contribution in [3.05, 3.63) is 52.3 Å². The van der Waals surface area contributed by atoms with Crippen LogP contribution in [0, 0.1) is 0 Å².